The first-order chi connectivity index (χ1) is 10.8. The van der Waals surface area contributed by atoms with Crippen LogP contribution in [0.5, 0.6) is 17.2 Å². The first-order valence-corrected chi connectivity index (χ1v) is 8.77. The fourth-order valence-corrected chi connectivity index (χ4v) is 2.52. The highest BCUT2D eigenvalue weighted by Crippen LogP contribution is 2.30. The quantitative estimate of drug-likeness (QED) is 0.475. The zero-order chi connectivity index (χ0) is 16.0. The lowest BCUT2D eigenvalue weighted by molar-refractivity contribution is 0.287. The van der Waals surface area contributed by atoms with Gasteiger partial charge in [-0.15, -0.1) is 0 Å². The van der Waals surface area contributed by atoms with E-state index in [1.165, 1.54) is 57.8 Å². The van der Waals surface area contributed by atoms with Crippen LogP contribution in [0.4, 0.5) is 0 Å². The van der Waals surface area contributed by atoms with Crippen LogP contribution < -0.4 is 9.47 Å². The van der Waals surface area contributed by atoms with Crippen LogP contribution in [0.2, 0.25) is 0 Å². The summed E-state index contributed by atoms with van der Waals surface area (Å²) in [6.07, 6.45) is 13.1. The average Bonchev–Trinajstić information content (AvgIpc) is 2.53. The van der Waals surface area contributed by atoms with Crippen molar-refractivity contribution in [2.75, 3.05) is 13.7 Å². The van der Waals surface area contributed by atoms with Gasteiger partial charge in [0.1, 0.15) is 5.75 Å². The number of phenols is 1. The maximum absolute atomic E-state index is 9.78. The first-order valence-electron chi connectivity index (χ1n) is 8.77. The molecule has 0 bridgehead atoms. The Morgan fingerprint density at radius 1 is 0.864 bits per heavy atom. The Balaban J connectivity index is 1.97. The van der Waals surface area contributed by atoms with E-state index in [2.05, 4.69) is 6.92 Å². The van der Waals surface area contributed by atoms with Crippen molar-refractivity contribution in [1.29, 1.82) is 0 Å². The number of phenolic OH excluding ortho intramolecular Hbond substituents is 1. The molecule has 0 radical (unpaired) electrons. The van der Waals surface area contributed by atoms with Crippen LogP contribution in [-0.2, 0) is 0 Å². The minimum Gasteiger partial charge on any atom is -0.504 e. The number of unbranched alkanes of at least 4 members (excludes halogenated alkanes) is 9. The molecular formula is C19H32O3. The summed E-state index contributed by atoms with van der Waals surface area (Å²) in [5, 5.41) is 9.78. The highest BCUT2D eigenvalue weighted by atomic mass is 16.5. The molecule has 0 aromatic heterocycles. The maximum Gasteiger partial charge on any atom is 0.161 e. The number of rotatable bonds is 13. The molecule has 0 spiro atoms. The van der Waals surface area contributed by atoms with Gasteiger partial charge >= 0.3 is 0 Å². The highest BCUT2D eigenvalue weighted by molar-refractivity contribution is 5.44. The van der Waals surface area contributed by atoms with E-state index in [0.717, 1.165) is 6.42 Å². The lowest BCUT2D eigenvalue weighted by atomic mass is 10.1. The summed E-state index contributed by atoms with van der Waals surface area (Å²) < 4.78 is 10.6. The van der Waals surface area contributed by atoms with Gasteiger partial charge in [-0.2, -0.15) is 0 Å². The fraction of sp³-hybridized carbons (Fsp3) is 0.684. The van der Waals surface area contributed by atoms with Gasteiger partial charge < -0.3 is 14.6 Å². The molecule has 0 saturated heterocycles. The van der Waals surface area contributed by atoms with Crippen molar-refractivity contribution in [1.82, 2.24) is 0 Å². The van der Waals surface area contributed by atoms with Gasteiger partial charge in [-0.3, -0.25) is 0 Å². The second-order valence-corrected chi connectivity index (χ2v) is 5.86. The van der Waals surface area contributed by atoms with Crippen molar-refractivity contribution in [3.8, 4) is 17.2 Å². The summed E-state index contributed by atoms with van der Waals surface area (Å²) in [5.41, 5.74) is 0. The molecule has 3 nitrogen and oxygen atoms in total. The summed E-state index contributed by atoms with van der Waals surface area (Å²) in [4.78, 5) is 0. The molecule has 3 heteroatoms. The predicted octanol–water partition coefficient (Wildman–Crippen LogP) is 5.70. The Morgan fingerprint density at radius 2 is 1.45 bits per heavy atom. The average molecular weight is 308 g/mol. The van der Waals surface area contributed by atoms with E-state index < -0.39 is 0 Å². The zero-order valence-electron chi connectivity index (χ0n) is 14.3. The molecule has 0 fully saturated rings. The summed E-state index contributed by atoms with van der Waals surface area (Å²) in [7, 11) is 1.58. The van der Waals surface area contributed by atoms with Crippen LogP contribution in [0.3, 0.4) is 0 Å². The monoisotopic (exact) mass is 308 g/mol. The van der Waals surface area contributed by atoms with E-state index in [-0.39, 0.29) is 5.75 Å². The smallest absolute Gasteiger partial charge is 0.161 e. The minimum atomic E-state index is 0.145. The largest absolute Gasteiger partial charge is 0.504 e. The molecule has 0 unspecified atom stereocenters. The molecule has 1 rings (SSSR count). The number of hydrogen-bond acceptors (Lipinski definition) is 3. The fourth-order valence-electron chi connectivity index (χ4n) is 2.52. The minimum absolute atomic E-state index is 0.145. The van der Waals surface area contributed by atoms with Gasteiger partial charge in [-0.25, -0.2) is 0 Å². The third-order valence-corrected chi connectivity index (χ3v) is 3.92. The second kappa shape index (κ2) is 12.2. The predicted molar refractivity (Wildman–Crippen MR) is 92.0 cm³/mol. The summed E-state index contributed by atoms with van der Waals surface area (Å²) in [5.74, 6) is 1.33. The molecule has 0 saturated carbocycles. The lowest BCUT2D eigenvalue weighted by Crippen LogP contribution is -1.97. The molecule has 1 aromatic rings. The van der Waals surface area contributed by atoms with Crippen molar-refractivity contribution in [3.63, 3.8) is 0 Å². The third-order valence-electron chi connectivity index (χ3n) is 3.92. The van der Waals surface area contributed by atoms with E-state index in [4.69, 9.17) is 9.47 Å². The van der Waals surface area contributed by atoms with Crippen molar-refractivity contribution in [3.05, 3.63) is 18.2 Å². The molecule has 1 aromatic carbocycles. The number of aromatic hydroxyl groups is 1. The van der Waals surface area contributed by atoms with Gasteiger partial charge in [0.05, 0.1) is 13.7 Å². The molecule has 0 aliphatic heterocycles. The van der Waals surface area contributed by atoms with E-state index in [9.17, 15) is 5.11 Å². The third kappa shape index (κ3) is 8.16. The van der Waals surface area contributed by atoms with Crippen LogP contribution in [0.1, 0.15) is 71.1 Å². The summed E-state index contributed by atoms with van der Waals surface area (Å²) >= 11 is 0. The Labute approximate surface area is 135 Å². The Morgan fingerprint density at radius 3 is 2.00 bits per heavy atom. The van der Waals surface area contributed by atoms with Crippen LogP contribution in [0, 0.1) is 0 Å². The van der Waals surface area contributed by atoms with Gasteiger partial charge in [0.25, 0.3) is 0 Å². The van der Waals surface area contributed by atoms with Gasteiger partial charge in [0.15, 0.2) is 11.5 Å². The van der Waals surface area contributed by atoms with Gasteiger partial charge in [0.2, 0.25) is 0 Å². The molecule has 0 heterocycles. The molecule has 0 amide bonds. The lowest BCUT2D eigenvalue weighted by Gasteiger charge is -2.09. The van der Waals surface area contributed by atoms with E-state index in [1.807, 2.05) is 0 Å². The zero-order valence-corrected chi connectivity index (χ0v) is 14.3. The first kappa shape index (κ1) is 18.7. The van der Waals surface area contributed by atoms with Gasteiger partial charge in [-0.1, -0.05) is 64.7 Å². The normalized spacial score (nSPS) is 10.6. The van der Waals surface area contributed by atoms with Crippen molar-refractivity contribution < 1.29 is 14.6 Å². The number of ether oxygens (including phenoxy) is 2. The van der Waals surface area contributed by atoms with Crippen molar-refractivity contribution >= 4 is 0 Å². The van der Waals surface area contributed by atoms with Crippen LogP contribution in [-0.4, -0.2) is 18.8 Å². The van der Waals surface area contributed by atoms with E-state index >= 15 is 0 Å². The number of hydrogen-bond donors (Lipinski definition) is 1. The van der Waals surface area contributed by atoms with Crippen LogP contribution in [0.15, 0.2) is 18.2 Å². The summed E-state index contributed by atoms with van der Waals surface area (Å²) in [6.45, 7) is 2.92. The number of methoxy groups -OCH3 is 1. The standard InChI is InChI=1S/C19H32O3/c1-3-4-5-6-7-8-9-10-11-12-15-22-19-14-13-17(21-2)16-18(19)20/h13-14,16,20H,3-12,15H2,1-2H3. The molecule has 1 N–H and O–H groups in total. The van der Waals surface area contributed by atoms with Crippen LogP contribution in [0.25, 0.3) is 0 Å². The van der Waals surface area contributed by atoms with Crippen molar-refractivity contribution in [2.45, 2.75) is 71.1 Å². The maximum atomic E-state index is 9.78. The topological polar surface area (TPSA) is 38.7 Å². The summed E-state index contributed by atoms with van der Waals surface area (Å²) in [6, 6.07) is 5.13. The Bertz CT molecular complexity index is 390. The highest BCUT2D eigenvalue weighted by Gasteiger charge is 2.03. The number of benzene rings is 1. The van der Waals surface area contributed by atoms with E-state index in [0.29, 0.717) is 18.1 Å². The molecular weight excluding hydrogens is 276 g/mol. The Kier molecular flexibility index (Phi) is 10.3. The second-order valence-electron chi connectivity index (χ2n) is 5.86. The van der Waals surface area contributed by atoms with Gasteiger partial charge in [0, 0.05) is 6.07 Å². The Hall–Kier alpha value is -1.38. The van der Waals surface area contributed by atoms with Gasteiger partial charge in [-0.05, 0) is 18.6 Å². The molecule has 22 heavy (non-hydrogen) atoms. The van der Waals surface area contributed by atoms with E-state index in [1.54, 1.807) is 25.3 Å². The van der Waals surface area contributed by atoms with Crippen molar-refractivity contribution in [2.24, 2.45) is 0 Å². The molecule has 0 aliphatic rings. The molecule has 0 atom stereocenters. The SMILES string of the molecule is CCCCCCCCCCCCOc1ccc(OC)cc1O. The molecule has 0 aliphatic carbocycles. The van der Waals surface area contributed by atoms with Crippen LogP contribution >= 0.6 is 0 Å². The molecule has 126 valence electrons.